The molecule has 192 valence electrons. The van der Waals surface area contributed by atoms with Gasteiger partial charge in [0.15, 0.2) is 0 Å². The smallest absolute Gasteiger partial charge is 0.274 e. The molecule has 1 aliphatic rings. The highest BCUT2D eigenvalue weighted by molar-refractivity contribution is 7.91. The molecular weight excluding hydrogens is 522 g/mol. The number of hydrogen-bond donors (Lipinski definition) is 1. The van der Waals surface area contributed by atoms with Gasteiger partial charge in [-0.1, -0.05) is 54.1 Å². The molecule has 2 amide bonds. The van der Waals surface area contributed by atoms with Gasteiger partial charge in [-0.25, -0.2) is 18.9 Å². The van der Waals surface area contributed by atoms with Crippen molar-refractivity contribution in [3.05, 3.63) is 119 Å². The number of carbonyl (C=O) groups excluding carboxylic acids is 2. The number of benzene rings is 4. The van der Waals surface area contributed by atoms with Gasteiger partial charge in [-0.2, -0.15) is 0 Å². The second-order valence-electron chi connectivity index (χ2n) is 8.67. The topological polar surface area (TPSA) is 86.8 Å². The highest BCUT2D eigenvalue weighted by Crippen LogP contribution is 2.37. The van der Waals surface area contributed by atoms with Gasteiger partial charge < -0.3 is 4.90 Å². The number of sulfone groups is 1. The van der Waals surface area contributed by atoms with Crippen molar-refractivity contribution in [3.63, 3.8) is 0 Å². The summed E-state index contributed by atoms with van der Waals surface area (Å²) < 4.78 is 27.4. The lowest BCUT2D eigenvalue weighted by Gasteiger charge is -2.25. The summed E-state index contributed by atoms with van der Waals surface area (Å²) in [5, 5.41) is 1.74. The maximum absolute atomic E-state index is 13.7. The number of carbonyl (C=O) groups is 2. The van der Waals surface area contributed by atoms with Crippen molar-refractivity contribution in [3.8, 4) is 0 Å². The third-order valence-corrected chi connectivity index (χ3v) is 8.40. The number of nitrogens with one attached hydrogen (secondary N) is 1. The number of nitrogens with zero attached hydrogens (tertiary/aromatic N) is 2. The van der Waals surface area contributed by atoms with Crippen LogP contribution >= 0.6 is 11.6 Å². The Bertz CT molecular complexity index is 1640. The first-order chi connectivity index (χ1) is 18.3. The van der Waals surface area contributed by atoms with Crippen LogP contribution in [0.4, 0.5) is 11.4 Å². The Morgan fingerprint density at radius 2 is 1.63 bits per heavy atom. The summed E-state index contributed by atoms with van der Waals surface area (Å²) in [6, 6.07) is 26.7. The number of rotatable bonds is 6. The first kappa shape index (κ1) is 25.7. The Labute approximate surface area is 226 Å². The van der Waals surface area contributed by atoms with Gasteiger partial charge in [0.2, 0.25) is 9.84 Å². The van der Waals surface area contributed by atoms with Gasteiger partial charge in [-0.15, -0.1) is 0 Å². The van der Waals surface area contributed by atoms with Crippen LogP contribution in [0.5, 0.6) is 0 Å². The van der Waals surface area contributed by atoms with Crippen LogP contribution in [-0.2, 0) is 16.4 Å². The van der Waals surface area contributed by atoms with Crippen molar-refractivity contribution in [2.45, 2.75) is 23.3 Å². The molecule has 0 atom stereocenters. The number of anilines is 2. The van der Waals surface area contributed by atoms with Gasteiger partial charge in [0.1, 0.15) is 0 Å². The summed E-state index contributed by atoms with van der Waals surface area (Å²) >= 11 is 6.13. The summed E-state index contributed by atoms with van der Waals surface area (Å²) in [5.74, 6) is -0.868. The summed E-state index contributed by atoms with van der Waals surface area (Å²) in [6.45, 7) is 2.45. The van der Waals surface area contributed by atoms with Gasteiger partial charge in [0, 0.05) is 29.4 Å². The molecule has 5 rings (SSSR count). The molecule has 7 nitrogen and oxygen atoms in total. The molecule has 0 bridgehead atoms. The van der Waals surface area contributed by atoms with E-state index in [0.717, 1.165) is 5.56 Å². The summed E-state index contributed by atoms with van der Waals surface area (Å²) in [7, 11) is -4.06. The van der Waals surface area contributed by atoms with Crippen molar-refractivity contribution in [2.75, 3.05) is 16.5 Å². The molecule has 0 saturated heterocycles. The molecule has 4 aromatic rings. The second kappa shape index (κ2) is 10.4. The van der Waals surface area contributed by atoms with Gasteiger partial charge in [0.05, 0.1) is 21.0 Å². The zero-order valence-corrected chi connectivity index (χ0v) is 22.0. The molecule has 0 unspecified atom stereocenters. The van der Waals surface area contributed by atoms with Crippen LogP contribution in [0.1, 0.15) is 33.2 Å². The SMILES string of the molecule is CCN(C(=O)c1ccc2c(c1)N(NCc1cccc(Cl)c1)C(=O)c1ccccc1S2(=O)=O)c1ccccc1. The molecule has 9 heteroatoms. The first-order valence-electron chi connectivity index (χ1n) is 12.0. The van der Waals surface area contributed by atoms with E-state index in [1.807, 2.05) is 43.3 Å². The molecule has 1 N–H and O–H groups in total. The van der Waals surface area contributed by atoms with Crippen molar-refractivity contribution in [1.29, 1.82) is 0 Å². The lowest BCUT2D eigenvalue weighted by atomic mass is 10.1. The van der Waals surface area contributed by atoms with E-state index < -0.39 is 15.7 Å². The average Bonchev–Trinajstić information content (AvgIpc) is 3.00. The average molecular weight is 546 g/mol. The van der Waals surface area contributed by atoms with Gasteiger partial charge in [-0.05, 0) is 67.1 Å². The number of halogens is 1. The molecule has 0 aromatic heterocycles. The van der Waals surface area contributed by atoms with E-state index in [4.69, 9.17) is 11.6 Å². The van der Waals surface area contributed by atoms with E-state index in [2.05, 4.69) is 5.43 Å². The maximum Gasteiger partial charge on any atom is 0.274 e. The minimum absolute atomic E-state index is 0.0367. The molecule has 1 heterocycles. The van der Waals surface area contributed by atoms with E-state index >= 15 is 0 Å². The van der Waals surface area contributed by atoms with E-state index in [0.29, 0.717) is 17.3 Å². The molecule has 0 saturated carbocycles. The largest absolute Gasteiger partial charge is 0.309 e. The number of amides is 2. The fourth-order valence-corrected chi connectivity index (χ4v) is 6.28. The number of hydrogen-bond acceptors (Lipinski definition) is 5. The normalized spacial score (nSPS) is 13.8. The molecule has 0 aliphatic carbocycles. The number of hydrazine groups is 1. The Hall–Kier alpha value is -3.98. The van der Waals surface area contributed by atoms with Gasteiger partial charge in [-0.3, -0.25) is 9.59 Å². The Balaban J connectivity index is 1.63. The Kier molecular flexibility index (Phi) is 7.03. The first-order valence-corrected chi connectivity index (χ1v) is 13.8. The molecule has 0 spiro atoms. The Morgan fingerprint density at radius 3 is 2.37 bits per heavy atom. The molecule has 0 fully saturated rings. The van der Waals surface area contributed by atoms with Gasteiger partial charge in [0.25, 0.3) is 11.8 Å². The van der Waals surface area contributed by atoms with Crippen LogP contribution in [0.25, 0.3) is 0 Å². The van der Waals surface area contributed by atoms with Crippen LogP contribution in [0.3, 0.4) is 0 Å². The molecule has 4 aromatic carbocycles. The molecule has 0 radical (unpaired) electrons. The van der Waals surface area contributed by atoms with Crippen molar-refractivity contribution in [1.82, 2.24) is 5.43 Å². The van der Waals surface area contributed by atoms with Crippen molar-refractivity contribution >= 4 is 44.6 Å². The molecular formula is C29H24ClN3O4S. The fraction of sp³-hybridized carbons (Fsp3) is 0.103. The third-order valence-electron chi connectivity index (χ3n) is 6.31. The van der Waals surface area contributed by atoms with Crippen molar-refractivity contribution < 1.29 is 18.0 Å². The number of para-hydroxylation sites is 1. The number of fused-ring (bicyclic) bond motifs is 2. The zero-order chi connectivity index (χ0) is 26.9. The standard InChI is InChI=1S/C29H24ClN3O4S/c1-2-32(23-11-4-3-5-12-23)28(34)21-15-16-27-25(18-21)33(31-19-20-9-8-10-22(30)17-20)29(35)24-13-6-7-14-26(24)38(27,36)37/h3-18,31H,2,19H2,1H3. The van der Waals surface area contributed by atoms with Crippen LogP contribution < -0.4 is 15.3 Å². The van der Waals surface area contributed by atoms with Crippen LogP contribution in [-0.4, -0.2) is 26.8 Å². The maximum atomic E-state index is 13.7. The second-order valence-corrected chi connectivity index (χ2v) is 11.0. The van der Waals surface area contributed by atoms with E-state index in [9.17, 15) is 18.0 Å². The van der Waals surface area contributed by atoms with E-state index in [1.165, 1.54) is 35.3 Å². The Morgan fingerprint density at radius 1 is 0.895 bits per heavy atom. The minimum atomic E-state index is -4.06. The molecule has 1 aliphatic heterocycles. The van der Waals surface area contributed by atoms with Crippen LogP contribution in [0.15, 0.2) is 107 Å². The quantitative estimate of drug-likeness (QED) is 0.345. The van der Waals surface area contributed by atoms with E-state index in [-0.39, 0.29) is 39.1 Å². The fourth-order valence-electron chi connectivity index (χ4n) is 4.46. The lowest BCUT2D eigenvalue weighted by Crippen LogP contribution is -2.43. The van der Waals surface area contributed by atoms with Crippen LogP contribution in [0, 0.1) is 0 Å². The predicted molar refractivity (Wildman–Crippen MR) is 147 cm³/mol. The van der Waals surface area contributed by atoms with Crippen LogP contribution in [0.2, 0.25) is 5.02 Å². The highest BCUT2D eigenvalue weighted by Gasteiger charge is 2.36. The summed E-state index contributed by atoms with van der Waals surface area (Å²) in [6.07, 6.45) is 0. The van der Waals surface area contributed by atoms with Gasteiger partial charge >= 0.3 is 0 Å². The summed E-state index contributed by atoms with van der Waals surface area (Å²) in [5.41, 5.74) is 4.93. The molecule has 38 heavy (non-hydrogen) atoms. The van der Waals surface area contributed by atoms with E-state index in [1.54, 1.807) is 35.2 Å². The lowest BCUT2D eigenvalue weighted by molar-refractivity contribution is 0.0965. The highest BCUT2D eigenvalue weighted by atomic mass is 35.5. The van der Waals surface area contributed by atoms with Crippen molar-refractivity contribution in [2.24, 2.45) is 0 Å². The summed E-state index contributed by atoms with van der Waals surface area (Å²) in [4.78, 5) is 28.7. The predicted octanol–water partition coefficient (Wildman–Crippen LogP) is 5.50. The monoisotopic (exact) mass is 545 g/mol. The third kappa shape index (κ3) is 4.69. The minimum Gasteiger partial charge on any atom is -0.309 e. The zero-order valence-electron chi connectivity index (χ0n) is 20.5.